The maximum atomic E-state index is 4.54. The maximum absolute atomic E-state index is 4.54. The third kappa shape index (κ3) is 1.26. The van der Waals surface area contributed by atoms with Crippen LogP contribution in [0.25, 0.3) is 15.9 Å². The molecule has 5 heteroatoms. The van der Waals surface area contributed by atoms with Gasteiger partial charge in [0.1, 0.15) is 17.0 Å². The fourth-order valence-electron chi connectivity index (χ4n) is 2.66. The van der Waals surface area contributed by atoms with Gasteiger partial charge in [0, 0.05) is 4.88 Å². The Bertz CT molecular complexity index is 725. The lowest BCUT2D eigenvalue weighted by Crippen LogP contribution is -1.99. The molecule has 0 fully saturated rings. The molecule has 0 unspecified atom stereocenters. The summed E-state index contributed by atoms with van der Waals surface area (Å²) in [7, 11) is 0. The fraction of sp³-hybridized carbons (Fsp3) is 0.417. The Morgan fingerprint density at radius 3 is 3.12 bits per heavy atom. The first-order valence-electron chi connectivity index (χ1n) is 5.95. The smallest absolute Gasteiger partial charge is 0.167 e. The molecule has 0 N–H and O–H groups in total. The van der Waals surface area contributed by atoms with Crippen molar-refractivity contribution in [3.8, 4) is 0 Å². The van der Waals surface area contributed by atoms with Crippen molar-refractivity contribution in [3.63, 3.8) is 0 Å². The molecule has 0 radical (unpaired) electrons. The van der Waals surface area contributed by atoms with E-state index in [0.29, 0.717) is 0 Å². The normalized spacial score (nSPS) is 15.6. The monoisotopic (exact) mass is 244 g/mol. The average Bonchev–Trinajstić information content (AvgIpc) is 2.87. The van der Waals surface area contributed by atoms with Crippen LogP contribution in [-0.4, -0.2) is 19.6 Å². The number of fused-ring (bicyclic) bond motifs is 5. The van der Waals surface area contributed by atoms with E-state index in [9.17, 15) is 0 Å². The molecule has 0 amide bonds. The van der Waals surface area contributed by atoms with E-state index in [1.165, 1.54) is 41.5 Å². The Balaban J connectivity index is 2.19. The molecule has 86 valence electrons. The number of hydrogen-bond donors (Lipinski definition) is 0. The minimum Gasteiger partial charge on any atom is -0.225 e. The zero-order chi connectivity index (χ0) is 11.4. The molecule has 3 aromatic rings. The van der Waals surface area contributed by atoms with Crippen LogP contribution in [-0.2, 0) is 12.8 Å². The lowest BCUT2D eigenvalue weighted by molar-refractivity contribution is 0.700. The lowest BCUT2D eigenvalue weighted by Gasteiger charge is -2.09. The molecule has 4 rings (SSSR count). The van der Waals surface area contributed by atoms with Crippen LogP contribution >= 0.6 is 11.3 Å². The number of nitrogens with zero attached hydrogens (tertiary/aromatic N) is 4. The van der Waals surface area contributed by atoms with Crippen molar-refractivity contribution in [2.75, 3.05) is 0 Å². The summed E-state index contributed by atoms with van der Waals surface area (Å²) in [5.41, 5.74) is 2.45. The summed E-state index contributed by atoms with van der Waals surface area (Å²) in [6.07, 6.45) is 6.74. The third-order valence-electron chi connectivity index (χ3n) is 3.40. The van der Waals surface area contributed by atoms with Gasteiger partial charge in [-0.05, 0) is 38.2 Å². The van der Waals surface area contributed by atoms with Crippen LogP contribution in [0, 0.1) is 6.92 Å². The summed E-state index contributed by atoms with van der Waals surface area (Å²) in [6.45, 7) is 1.93. The number of thiophene rings is 1. The quantitative estimate of drug-likeness (QED) is 0.610. The Hall–Kier alpha value is -1.49. The van der Waals surface area contributed by atoms with Gasteiger partial charge in [0.15, 0.2) is 5.65 Å². The highest BCUT2D eigenvalue weighted by molar-refractivity contribution is 7.19. The van der Waals surface area contributed by atoms with Gasteiger partial charge >= 0.3 is 0 Å². The molecule has 3 heterocycles. The van der Waals surface area contributed by atoms with Gasteiger partial charge < -0.3 is 0 Å². The van der Waals surface area contributed by atoms with Crippen LogP contribution in [0.2, 0.25) is 0 Å². The molecule has 0 aliphatic heterocycles. The molecular weight excluding hydrogens is 232 g/mol. The van der Waals surface area contributed by atoms with Gasteiger partial charge in [0.25, 0.3) is 0 Å². The van der Waals surface area contributed by atoms with E-state index in [2.05, 4.69) is 15.1 Å². The van der Waals surface area contributed by atoms with Crippen LogP contribution in [0.15, 0.2) is 6.33 Å². The molecule has 3 aromatic heterocycles. The molecular formula is C12H12N4S. The van der Waals surface area contributed by atoms with Crippen LogP contribution in [0.5, 0.6) is 0 Å². The van der Waals surface area contributed by atoms with Crippen LogP contribution in [0.1, 0.15) is 29.1 Å². The number of aromatic nitrogens is 4. The first-order chi connectivity index (χ1) is 8.33. The van der Waals surface area contributed by atoms with Crippen molar-refractivity contribution >= 4 is 27.2 Å². The summed E-state index contributed by atoms with van der Waals surface area (Å²) in [5, 5.41) is 5.58. The molecule has 0 bridgehead atoms. The topological polar surface area (TPSA) is 43.1 Å². The van der Waals surface area contributed by atoms with E-state index in [1.54, 1.807) is 10.8 Å². The first kappa shape index (κ1) is 9.53. The summed E-state index contributed by atoms with van der Waals surface area (Å²) in [5.74, 6) is 0.815. The van der Waals surface area contributed by atoms with Gasteiger partial charge in [-0.15, -0.1) is 11.3 Å². The van der Waals surface area contributed by atoms with Gasteiger partial charge in [-0.2, -0.15) is 5.10 Å². The highest BCUT2D eigenvalue weighted by Gasteiger charge is 2.19. The third-order valence-corrected chi connectivity index (χ3v) is 4.60. The summed E-state index contributed by atoms with van der Waals surface area (Å²) >= 11 is 1.83. The molecule has 0 saturated heterocycles. The Morgan fingerprint density at radius 2 is 2.18 bits per heavy atom. The minimum atomic E-state index is 0.815. The van der Waals surface area contributed by atoms with E-state index >= 15 is 0 Å². The van der Waals surface area contributed by atoms with E-state index in [0.717, 1.165) is 16.3 Å². The summed E-state index contributed by atoms with van der Waals surface area (Å²) in [4.78, 5) is 11.7. The molecule has 0 saturated carbocycles. The van der Waals surface area contributed by atoms with E-state index in [4.69, 9.17) is 0 Å². The van der Waals surface area contributed by atoms with Crippen molar-refractivity contribution in [1.82, 2.24) is 19.6 Å². The fourth-order valence-corrected chi connectivity index (χ4v) is 3.88. The van der Waals surface area contributed by atoms with Crippen molar-refractivity contribution in [2.24, 2.45) is 0 Å². The SMILES string of the molecule is Cc1nc2c3c4c(sc3ncn2n1)CCCC4. The molecule has 0 spiro atoms. The van der Waals surface area contributed by atoms with Gasteiger partial charge in [0.2, 0.25) is 0 Å². The highest BCUT2D eigenvalue weighted by Crippen LogP contribution is 2.36. The second-order valence-electron chi connectivity index (χ2n) is 4.56. The molecule has 4 nitrogen and oxygen atoms in total. The predicted molar refractivity (Wildman–Crippen MR) is 67.5 cm³/mol. The molecule has 1 aliphatic rings. The van der Waals surface area contributed by atoms with Crippen molar-refractivity contribution in [1.29, 1.82) is 0 Å². The second-order valence-corrected chi connectivity index (χ2v) is 5.65. The summed E-state index contributed by atoms with van der Waals surface area (Å²) < 4.78 is 1.80. The Kier molecular flexibility index (Phi) is 1.83. The molecule has 17 heavy (non-hydrogen) atoms. The largest absolute Gasteiger partial charge is 0.225 e. The van der Waals surface area contributed by atoms with Crippen LogP contribution in [0.4, 0.5) is 0 Å². The molecule has 0 aromatic carbocycles. The minimum absolute atomic E-state index is 0.815. The maximum Gasteiger partial charge on any atom is 0.167 e. The van der Waals surface area contributed by atoms with Crippen molar-refractivity contribution in [2.45, 2.75) is 32.6 Å². The molecule has 0 atom stereocenters. The molecule has 1 aliphatic carbocycles. The van der Waals surface area contributed by atoms with E-state index in [-0.39, 0.29) is 0 Å². The lowest BCUT2D eigenvalue weighted by atomic mass is 9.97. The zero-order valence-corrected chi connectivity index (χ0v) is 10.4. The van der Waals surface area contributed by atoms with Crippen LogP contribution < -0.4 is 0 Å². The second kappa shape index (κ2) is 3.26. The van der Waals surface area contributed by atoms with Crippen molar-refractivity contribution < 1.29 is 0 Å². The average molecular weight is 244 g/mol. The van der Waals surface area contributed by atoms with Crippen molar-refractivity contribution in [3.05, 3.63) is 22.6 Å². The zero-order valence-electron chi connectivity index (χ0n) is 9.60. The van der Waals surface area contributed by atoms with Gasteiger partial charge in [-0.25, -0.2) is 14.5 Å². The summed E-state index contributed by atoms with van der Waals surface area (Å²) in [6, 6.07) is 0. The van der Waals surface area contributed by atoms with Gasteiger partial charge in [-0.1, -0.05) is 0 Å². The standard InChI is InChI=1S/C12H12N4S/c1-7-14-11-10-8-4-2-3-5-9(8)17-12(10)13-6-16(11)15-7/h6H,2-5H2,1H3. The predicted octanol–water partition coefficient (Wildman–Crippen LogP) is 2.53. The Labute approximate surface area is 102 Å². The number of hydrogen-bond acceptors (Lipinski definition) is 4. The Morgan fingerprint density at radius 1 is 1.29 bits per heavy atom. The van der Waals surface area contributed by atoms with Crippen LogP contribution in [0.3, 0.4) is 0 Å². The van der Waals surface area contributed by atoms with E-state index in [1.807, 2.05) is 18.3 Å². The van der Waals surface area contributed by atoms with E-state index < -0.39 is 0 Å². The van der Waals surface area contributed by atoms with Gasteiger partial charge in [0.05, 0.1) is 5.39 Å². The van der Waals surface area contributed by atoms with Gasteiger partial charge in [-0.3, -0.25) is 0 Å². The first-order valence-corrected chi connectivity index (χ1v) is 6.77. The number of aryl methyl sites for hydroxylation is 3. The highest BCUT2D eigenvalue weighted by atomic mass is 32.1. The number of rotatable bonds is 0.